The van der Waals surface area contributed by atoms with Gasteiger partial charge in [0.1, 0.15) is 5.76 Å². The second kappa shape index (κ2) is 13.8. The fourth-order valence-corrected chi connectivity index (χ4v) is 5.01. The van der Waals surface area contributed by atoms with E-state index >= 15 is 0 Å². The zero-order valence-electron chi connectivity index (χ0n) is 28.2. The minimum absolute atomic E-state index is 0.117. The lowest BCUT2D eigenvalue weighted by atomic mass is 9.78. The van der Waals surface area contributed by atoms with E-state index in [-0.39, 0.29) is 34.5 Å². The van der Waals surface area contributed by atoms with Gasteiger partial charge in [0.15, 0.2) is 0 Å². The van der Waals surface area contributed by atoms with Crippen LogP contribution in [0.1, 0.15) is 87.6 Å². The van der Waals surface area contributed by atoms with E-state index in [1.807, 2.05) is 79.7 Å². The molecule has 0 bridgehead atoms. The largest absolute Gasteiger partial charge is 0.506 e. The molecule has 8 heteroatoms. The van der Waals surface area contributed by atoms with Crippen LogP contribution in [0.2, 0.25) is 0 Å². The maximum Gasteiger partial charge on any atom is 0.251 e. The Kier molecular flexibility index (Phi) is 10.8. The van der Waals surface area contributed by atoms with Gasteiger partial charge in [0.25, 0.3) is 5.91 Å². The molecule has 44 heavy (non-hydrogen) atoms. The Morgan fingerprint density at radius 1 is 0.841 bits per heavy atom. The van der Waals surface area contributed by atoms with Crippen LogP contribution in [-0.4, -0.2) is 59.5 Å². The summed E-state index contributed by atoms with van der Waals surface area (Å²) in [5, 5.41) is 14.5. The Labute approximate surface area is 263 Å². The monoisotopic (exact) mass is 602 g/mol. The zero-order chi connectivity index (χ0) is 33.0. The Morgan fingerprint density at radius 3 is 1.95 bits per heavy atom. The molecule has 0 aliphatic heterocycles. The number of rotatable bonds is 12. The van der Waals surface area contributed by atoms with Crippen LogP contribution in [0.3, 0.4) is 0 Å². The van der Waals surface area contributed by atoms with Crippen molar-refractivity contribution in [1.82, 2.24) is 4.90 Å². The van der Waals surface area contributed by atoms with Crippen molar-refractivity contribution < 1.29 is 19.5 Å². The topological polar surface area (TPSA) is 102 Å². The van der Waals surface area contributed by atoms with Gasteiger partial charge >= 0.3 is 0 Å². The molecular formula is C36H50N4O4. The first-order chi connectivity index (χ1) is 20.7. The number of carbonyl (C=O) groups excluding carboxylic acids is 3. The third-order valence-electron chi connectivity index (χ3n) is 9.14. The van der Waals surface area contributed by atoms with Crippen molar-refractivity contribution in [3.63, 3.8) is 0 Å². The Bertz CT molecular complexity index is 1460. The highest BCUT2D eigenvalue weighted by Crippen LogP contribution is 2.43. The number of ketones is 1. The molecule has 0 aromatic heterocycles. The van der Waals surface area contributed by atoms with Gasteiger partial charge in [-0.3, -0.25) is 14.4 Å². The van der Waals surface area contributed by atoms with Gasteiger partial charge in [-0.25, -0.2) is 4.99 Å². The number of allylic oxidation sites excluding steroid dienone is 6. The summed E-state index contributed by atoms with van der Waals surface area (Å²) in [6.07, 6.45) is 6.71. The maximum absolute atomic E-state index is 13.9. The first kappa shape index (κ1) is 34.5. The quantitative estimate of drug-likeness (QED) is 0.244. The molecule has 1 aromatic rings. The van der Waals surface area contributed by atoms with Gasteiger partial charge in [0, 0.05) is 59.5 Å². The Hall–Kier alpha value is -3.94. The fourth-order valence-electron chi connectivity index (χ4n) is 5.01. The molecule has 0 fully saturated rings. The molecule has 0 radical (unpaired) electrons. The van der Waals surface area contributed by atoms with Crippen LogP contribution in [0.5, 0.6) is 0 Å². The second-order valence-electron chi connectivity index (χ2n) is 12.5. The highest BCUT2D eigenvalue weighted by molar-refractivity contribution is 6.42. The molecule has 2 amide bonds. The Morgan fingerprint density at radius 2 is 1.43 bits per heavy atom. The number of aliphatic imine (C=N–C) groups is 1. The molecule has 0 atom stereocenters. The van der Waals surface area contributed by atoms with E-state index < -0.39 is 10.8 Å². The smallest absolute Gasteiger partial charge is 0.251 e. The predicted octanol–water partition coefficient (Wildman–Crippen LogP) is 7.26. The van der Waals surface area contributed by atoms with E-state index in [4.69, 9.17) is 0 Å². The van der Waals surface area contributed by atoms with Gasteiger partial charge in [-0.15, -0.1) is 0 Å². The lowest BCUT2D eigenvalue weighted by Crippen LogP contribution is -2.32. The predicted molar refractivity (Wildman–Crippen MR) is 181 cm³/mol. The molecule has 0 heterocycles. The number of anilines is 2. The number of amides is 2. The molecule has 0 saturated carbocycles. The summed E-state index contributed by atoms with van der Waals surface area (Å²) in [4.78, 5) is 49.2. The van der Waals surface area contributed by atoms with Crippen molar-refractivity contribution in [2.45, 2.75) is 82.1 Å². The summed E-state index contributed by atoms with van der Waals surface area (Å²) in [7, 11) is 0. The van der Waals surface area contributed by atoms with Gasteiger partial charge in [-0.2, -0.15) is 0 Å². The van der Waals surface area contributed by atoms with E-state index in [1.165, 1.54) is 0 Å². The number of nitrogens with zero attached hydrogens (tertiary/aromatic N) is 3. The second-order valence-corrected chi connectivity index (χ2v) is 12.5. The van der Waals surface area contributed by atoms with E-state index in [9.17, 15) is 19.5 Å². The standard InChI is InChI=1S/C36H50N4O4/c1-11-35(7,8)33(43)37-27-21-23(39(13-3)14-4)17-19-25(27)29-31(41)30(32(29)42)26-20-18-24(40(15-5)16-6)22-28(26)38-34(44)36(9,10)12-2/h17-22,41H,11-16H2,1-10H3,(H,37,43)/b30-26+,38-28?. The van der Waals surface area contributed by atoms with Crippen LogP contribution < -0.4 is 10.2 Å². The maximum atomic E-state index is 13.9. The summed E-state index contributed by atoms with van der Waals surface area (Å²) < 4.78 is 0. The molecule has 2 aliphatic carbocycles. The molecule has 0 unspecified atom stereocenters. The van der Waals surface area contributed by atoms with Gasteiger partial charge < -0.3 is 20.2 Å². The number of hydrogen-bond donors (Lipinski definition) is 2. The van der Waals surface area contributed by atoms with Gasteiger partial charge in [0.05, 0.1) is 22.5 Å². The van der Waals surface area contributed by atoms with Crippen LogP contribution in [0, 0.1) is 10.8 Å². The average Bonchev–Trinajstić information content (AvgIpc) is 3.00. The minimum Gasteiger partial charge on any atom is -0.506 e. The summed E-state index contributed by atoms with van der Waals surface area (Å²) in [6.45, 7) is 22.6. The van der Waals surface area contributed by atoms with Crippen molar-refractivity contribution in [2.24, 2.45) is 15.8 Å². The van der Waals surface area contributed by atoms with Crippen LogP contribution in [0.15, 0.2) is 64.0 Å². The van der Waals surface area contributed by atoms with Gasteiger partial charge in [-0.05, 0) is 77.0 Å². The first-order valence-electron chi connectivity index (χ1n) is 15.9. The molecule has 2 N–H and O–H groups in total. The molecule has 8 nitrogen and oxygen atoms in total. The number of carbonyl (C=O) groups is 3. The van der Waals surface area contributed by atoms with Crippen LogP contribution in [0.25, 0.3) is 5.57 Å². The molecule has 0 saturated heterocycles. The zero-order valence-corrected chi connectivity index (χ0v) is 28.2. The average molecular weight is 603 g/mol. The van der Waals surface area contributed by atoms with Gasteiger partial charge in [0.2, 0.25) is 11.7 Å². The van der Waals surface area contributed by atoms with Crippen molar-refractivity contribution >= 4 is 40.3 Å². The van der Waals surface area contributed by atoms with Crippen molar-refractivity contribution in [1.29, 1.82) is 0 Å². The number of nitrogens with one attached hydrogen (secondary N) is 1. The molecular weight excluding hydrogens is 552 g/mol. The third-order valence-corrected chi connectivity index (χ3v) is 9.14. The normalized spacial score (nSPS) is 17.9. The van der Waals surface area contributed by atoms with Crippen LogP contribution in [0.4, 0.5) is 11.4 Å². The van der Waals surface area contributed by atoms with E-state index in [0.717, 1.165) is 37.6 Å². The number of aliphatic hydroxyl groups is 1. The van der Waals surface area contributed by atoms with E-state index in [0.29, 0.717) is 35.4 Å². The Balaban J connectivity index is 2.21. The van der Waals surface area contributed by atoms with Gasteiger partial charge in [-0.1, -0.05) is 41.5 Å². The fraction of sp³-hybridized carbons (Fsp3) is 0.500. The molecule has 2 aliphatic rings. The molecule has 238 valence electrons. The summed E-state index contributed by atoms with van der Waals surface area (Å²) in [6, 6.07) is 5.55. The van der Waals surface area contributed by atoms with E-state index in [2.05, 4.69) is 34.0 Å². The first-order valence-corrected chi connectivity index (χ1v) is 15.9. The lowest BCUT2D eigenvalue weighted by Gasteiger charge is -2.30. The highest BCUT2D eigenvalue weighted by atomic mass is 16.3. The molecule has 1 aromatic carbocycles. The third kappa shape index (κ3) is 6.74. The van der Waals surface area contributed by atoms with E-state index in [1.54, 1.807) is 12.1 Å². The van der Waals surface area contributed by atoms with Crippen molar-refractivity contribution in [3.05, 3.63) is 64.6 Å². The summed E-state index contributed by atoms with van der Waals surface area (Å²) in [5.74, 6) is -0.994. The lowest BCUT2D eigenvalue weighted by molar-refractivity contribution is -0.126. The molecule has 0 spiro atoms. The number of aliphatic hydroxyl groups excluding tert-OH is 1. The highest BCUT2D eigenvalue weighted by Gasteiger charge is 2.40. The molecule has 3 rings (SSSR count). The van der Waals surface area contributed by atoms with Crippen LogP contribution >= 0.6 is 0 Å². The summed E-state index contributed by atoms with van der Waals surface area (Å²) >= 11 is 0. The van der Waals surface area contributed by atoms with Crippen LogP contribution in [-0.2, 0) is 14.4 Å². The van der Waals surface area contributed by atoms with Crippen molar-refractivity contribution in [3.8, 4) is 0 Å². The minimum atomic E-state index is -0.675. The number of likely N-dealkylation sites (N-methyl/N-ethyl adjacent to an activating group) is 1. The number of benzene rings is 1. The number of hydrogen-bond acceptors (Lipinski definition) is 6. The summed E-state index contributed by atoms with van der Waals surface area (Å²) in [5.41, 5.74) is 2.42. The number of Topliss-reactive ketones (excluding diaryl/α,β-unsaturated/α-hetero) is 1. The van der Waals surface area contributed by atoms with Crippen molar-refractivity contribution in [2.75, 3.05) is 36.4 Å². The SMILES string of the molecule is CCN(CC)C1=CC(=NC(=O)C(C)(C)CC)/C(=C2/C(=O)C(c3ccc(N(CC)CC)cc3NC(=O)C(C)(C)CC)=C2O)C=C1.